The maximum Gasteiger partial charge on any atom is 0.408 e. The smallest absolute Gasteiger partial charge is 0.408 e. The van der Waals surface area contributed by atoms with Gasteiger partial charge in [-0.05, 0) is 32.4 Å². The Morgan fingerprint density at radius 1 is 1.25 bits per heavy atom. The Bertz CT molecular complexity index is 577. The molecule has 1 N–H and O–H groups in total. The zero-order valence-corrected chi connectivity index (χ0v) is 14.4. The molecule has 0 aliphatic heterocycles. The number of rotatable bonds is 5. The van der Waals surface area contributed by atoms with Crippen LogP contribution in [0.1, 0.15) is 39.0 Å². The number of carbonyl (C=O) groups is 2. The molecular weight excluding hydrogens is 322 g/mol. The van der Waals surface area contributed by atoms with E-state index in [0.29, 0.717) is 5.56 Å². The van der Waals surface area contributed by atoms with Crippen molar-refractivity contribution in [1.82, 2.24) is 10.3 Å². The highest BCUT2D eigenvalue weighted by atomic mass is 19.3. The van der Waals surface area contributed by atoms with Gasteiger partial charge < -0.3 is 14.8 Å². The number of methoxy groups -OCH3 is 1. The molecule has 1 atom stereocenters. The zero-order valence-electron chi connectivity index (χ0n) is 14.4. The summed E-state index contributed by atoms with van der Waals surface area (Å²) in [6, 6.07) is 1.59. The minimum absolute atomic E-state index is 0.0362. The SMILES string of the molecule is COC(=O)[C@H](Cc1ccc(C(C)(F)F)nc1)NC(=O)OC(C)(C)C. The van der Waals surface area contributed by atoms with Gasteiger partial charge in [0.05, 0.1) is 7.11 Å². The van der Waals surface area contributed by atoms with E-state index in [0.717, 1.165) is 6.92 Å². The van der Waals surface area contributed by atoms with Crippen LogP contribution >= 0.6 is 0 Å². The number of alkyl halides is 2. The molecule has 0 radical (unpaired) electrons. The molecule has 1 aromatic rings. The Hall–Kier alpha value is -2.25. The molecular formula is C16H22F2N2O4. The van der Waals surface area contributed by atoms with Gasteiger partial charge in [-0.2, -0.15) is 8.78 Å². The van der Waals surface area contributed by atoms with Crippen LogP contribution < -0.4 is 5.32 Å². The van der Waals surface area contributed by atoms with E-state index in [1.54, 1.807) is 20.8 Å². The Morgan fingerprint density at radius 3 is 2.29 bits per heavy atom. The van der Waals surface area contributed by atoms with E-state index in [2.05, 4.69) is 15.0 Å². The van der Waals surface area contributed by atoms with Crippen molar-refractivity contribution in [2.75, 3.05) is 7.11 Å². The highest BCUT2D eigenvalue weighted by molar-refractivity contribution is 5.81. The molecule has 0 saturated carbocycles. The molecule has 1 rings (SSSR count). The molecule has 24 heavy (non-hydrogen) atoms. The van der Waals surface area contributed by atoms with Crippen molar-refractivity contribution in [2.24, 2.45) is 0 Å². The predicted molar refractivity (Wildman–Crippen MR) is 82.7 cm³/mol. The predicted octanol–water partition coefficient (Wildman–Crippen LogP) is 2.80. The topological polar surface area (TPSA) is 77.5 Å². The fourth-order valence-electron chi connectivity index (χ4n) is 1.83. The van der Waals surface area contributed by atoms with Crippen molar-refractivity contribution in [3.05, 3.63) is 29.6 Å². The third-order valence-electron chi connectivity index (χ3n) is 2.89. The summed E-state index contributed by atoms with van der Waals surface area (Å²) in [7, 11) is 1.19. The van der Waals surface area contributed by atoms with Crippen LogP contribution in [-0.2, 0) is 26.6 Å². The normalized spacial score (nSPS) is 13.1. The van der Waals surface area contributed by atoms with Crippen LogP contribution in [-0.4, -0.2) is 35.8 Å². The average molecular weight is 344 g/mol. The van der Waals surface area contributed by atoms with Crippen molar-refractivity contribution < 1.29 is 27.8 Å². The van der Waals surface area contributed by atoms with E-state index in [9.17, 15) is 18.4 Å². The molecule has 0 unspecified atom stereocenters. The maximum atomic E-state index is 13.2. The Kier molecular flexibility index (Phi) is 6.22. The van der Waals surface area contributed by atoms with Crippen molar-refractivity contribution in [2.45, 2.75) is 51.7 Å². The van der Waals surface area contributed by atoms with Gasteiger partial charge in [0, 0.05) is 19.5 Å². The van der Waals surface area contributed by atoms with Crippen molar-refractivity contribution in [3.8, 4) is 0 Å². The van der Waals surface area contributed by atoms with E-state index in [1.165, 1.54) is 25.4 Å². The summed E-state index contributed by atoms with van der Waals surface area (Å²) in [5, 5.41) is 2.41. The Labute approximate surface area is 139 Å². The number of hydrogen-bond acceptors (Lipinski definition) is 5. The highest BCUT2D eigenvalue weighted by Gasteiger charge is 2.27. The number of ether oxygens (including phenoxy) is 2. The summed E-state index contributed by atoms with van der Waals surface area (Å²) in [6.45, 7) is 5.81. The van der Waals surface area contributed by atoms with Crippen LogP contribution in [0.5, 0.6) is 0 Å². The fraction of sp³-hybridized carbons (Fsp3) is 0.562. The Morgan fingerprint density at radius 2 is 1.88 bits per heavy atom. The molecule has 0 fully saturated rings. The van der Waals surface area contributed by atoms with Gasteiger partial charge >= 0.3 is 12.1 Å². The summed E-state index contributed by atoms with van der Waals surface area (Å²) in [5.41, 5.74) is -0.601. The molecule has 0 aromatic carbocycles. The van der Waals surface area contributed by atoms with Crippen LogP contribution in [0.15, 0.2) is 18.3 Å². The number of aromatic nitrogens is 1. The molecule has 134 valence electrons. The first kappa shape index (κ1) is 19.8. The second-order valence-electron chi connectivity index (χ2n) is 6.37. The average Bonchev–Trinajstić information content (AvgIpc) is 2.43. The molecule has 0 aliphatic carbocycles. The van der Waals surface area contributed by atoms with Crippen molar-refractivity contribution >= 4 is 12.1 Å². The van der Waals surface area contributed by atoms with Gasteiger partial charge in [0.25, 0.3) is 5.92 Å². The number of alkyl carbamates (subject to hydrolysis) is 1. The van der Waals surface area contributed by atoms with Gasteiger partial charge in [0.2, 0.25) is 0 Å². The summed E-state index contributed by atoms with van der Waals surface area (Å²) >= 11 is 0. The summed E-state index contributed by atoms with van der Waals surface area (Å²) < 4.78 is 36.0. The second kappa shape index (κ2) is 7.55. The molecule has 6 nitrogen and oxygen atoms in total. The van der Waals surface area contributed by atoms with Gasteiger partial charge in [-0.25, -0.2) is 9.59 Å². The van der Waals surface area contributed by atoms with Crippen molar-refractivity contribution in [1.29, 1.82) is 0 Å². The summed E-state index contributed by atoms with van der Waals surface area (Å²) in [6.07, 6.45) is 0.496. The van der Waals surface area contributed by atoms with Crippen molar-refractivity contribution in [3.63, 3.8) is 0 Å². The fourth-order valence-corrected chi connectivity index (χ4v) is 1.83. The molecule has 0 spiro atoms. The van der Waals surface area contributed by atoms with Crippen LogP contribution in [0.2, 0.25) is 0 Å². The number of carbonyl (C=O) groups excluding carboxylic acids is 2. The van der Waals surface area contributed by atoms with E-state index in [4.69, 9.17) is 4.74 Å². The van der Waals surface area contributed by atoms with E-state index >= 15 is 0 Å². The molecule has 8 heteroatoms. The first-order valence-corrected chi connectivity index (χ1v) is 7.33. The molecule has 1 heterocycles. The van der Waals surface area contributed by atoms with Crippen LogP contribution in [0.25, 0.3) is 0 Å². The first-order chi connectivity index (χ1) is 10.9. The number of nitrogens with zero attached hydrogens (tertiary/aromatic N) is 1. The summed E-state index contributed by atoms with van der Waals surface area (Å²) in [4.78, 5) is 27.3. The number of halogens is 2. The van der Waals surface area contributed by atoms with Gasteiger partial charge in [-0.1, -0.05) is 6.07 Å². The maximum absolute atomic E-state index is 13.2. The third-order valence-corrected chi connectivity index (χ3v) is 2.89. The number of pyridine rings is 1. The van der Waals surface area contributed by atoms with E-state index in [-0.39, 0.29) is 12.1 Å². The van der Waals surface area contributed by atoms with Gasteiger partial charge in [0.15, 0.2) is 0 Å². The minimum atomic E-state index is -3.05. The number of amides is 1. The number of hydrogen-bond donors (Lipinski definition) is 1. The second-order valence-corrected chi connectivity index (χ2v) is 6.37. The van der Waals surface area contributed by atoms with Crippen LogP contribution in [0.3, 0.4) is 0 Å². The lowest BCUT2D eigenvalue weighted by Gasteiger charge is -2.22. The minimum Gasteiger partial charge on any atom is -0.467 e. The monoisotopic (exact) mass is 344 g/mol. The Balaban J connectivity index is 2.83. The molecule has 1 amide bonds. The largest absolute Gasteiger partial charge is 0.467 e. The van der Waals surface area contributed by atoms with Crippen LogP contribution in [0, 0.1) is 0 Å². The highest BCUT2D eigenvalue weighted by Crippen LogP contribution is 2.24. The molecule has 0 bridgehead atoms. The standard InChI is InChI=1S/C16H22F2N2O4/c1-15(2,3)24-14(22)20-11(13(21)23-5)8-10-6-7-12(19-9-10)16(4,17)18/h6-7,9,11H,8H2,1-5H3,(H,20,22)/t11-/m0/s1. The lowest BCUT2D eigenvalue weighted by molar-refractivity contribution is -0.143. The first-order valence-electron chi connectivity index (χ1n) is 7.33. The number of esters is 1. The number of nitrogens with one attached hydrogen (secondary N) is 1. The van der Waals surface area contributed by atoms with Crippen LogP contribution in [0.4, 0.5) is 13.6 Å². The van der Waals surface area contributed by atoms with E-state index < -0.39 is 29.6 Å². The molecule has 0 saturated heterocycles. The lowest BCUT2D eigenvalue weighted by Crippen LogP contribution is -2.45. The lowest BCUT2D eigenvalue weighted by atomic mass is 10.1. The van der Waals surface area contributed by atoms with Gasteiger partial charge in [0.1, 0.15) is 17.3 Å². The van der Waals surface area contributed by atoms with Gasteiger partial charge in [-0.3, -0.25) is 4.98 Å². The van der Waals surface area contributed by atoms with Gasteiger partial charge in [-0.15, -0.1) is 0 Å². The third kappa shape index (κ3) is 6.47. The summed E-state index contributed by atoms with van der Waals surface area (Å²) in [5.74, 6) is -3.72. The quantitative estimate of drug-likeness (QED) is 0.831. The van der Waals surface area contributed by atoms with E-state index in [1.807, 2.05) is 0 Å². The molecule has 0 aliphatic rings. The zero-order chi connectivity index (χ0) is 18.5. The molecule has 1 aromatic heterocycles.